The van der Waals surface area contributed by atoms with Crippen LogP contribution in [0.5, 0.6) is 0 Å². The number of hydrogen-bond acceptors (Lipinski definition) is 3. The van der Waals surface area contributed by atoms with Gasteiger partial charge in [-0.3, -0.25) is 4.21 Å². The Morgan fingerprint density at radius 1 is 1.41 bits per heavy atom. The molecule has 1 fully saturated rings. The van der Waals surface area contributed by atoms with Gasteiger partial charge in [0.1, 0.15) is 5.82 Å². The molecule has 1 atom stereocenters. The minimum absolute atomic E-state index is 0.274. The minimum atomic E-state index is -1.15. The molecular weight excluding hydrogens is 241 g/mol. The van der Waals surface area contributed by atoms with E-state index in [1.165, 1.54) is 18.2 Å². The molecular formula is C12H16FNO2S. The summed E-state index contributed by atoms with van der Waals surface area (Å²) in [5, 5.41) is 0. The van der Waals surface area contributed by atoms with Crippen LogP contribution in [0, 0.1) is 11.7 Å². The lowest BCUT2D eigenvalue weighted by Crippen LogP contribution is -2.21. The summed E-state index contributed by atoms with van der Waals surface area (Å²) in [4.78, 5) is 0.540. The average Bonchev–Trinajstić information content (AvgIpc) is 2.30. The Hall–Kier alpha value is -0.940. The van der Waals surface area contributed by atoms with E-state index < -0.39 is 16.6 Å². The van der Waals surface area contributed by atoms with Crippen LogP contribution in [-0.2, 0) is 15.5 Å². The number of benzene rings is 1. The van der Waals surface area contributed by atoms with Gasteiger partial charge in [0.05, 0.1) is 21.4 Å². The zero-order chi connectivity index (χ0) is 12.3. The Kier molecular flexibility index (Phi) is 4.12. The summed E-state index contributed by atoms with van der Waals surface area (Å²) in [6, 6.07) is 4.03. The van der Waals surface area contributed by atoms with Crippen molar-refractivity contribution in [2.45, 2.75) is 17.7 Å². The summed E-state index contributed by atoms with van der Waals surface area (Å²) in [5.74, 6) is 0.600. The monoisotopic (exact) mass is 257 g/mol. The first-order chi connectivity index (χ1) is 8.16. The van der Waals surface area contributed by atoms with Gasteiger partial charge < -0.3 is 10.5 Å². The third kappa shape index (κ3) is 3.26. The quantitative estimate of drug-likeness (QED) is 0.842. The lowest BCUT2D eigenvalue weighted by atomic mass is 10.0. The highest BCUT2D eigenvalue weighted by Crippen LogP contribution is 2.22. The highest BCUT2D eigenvalue weighted by atomic mass is 32.2. The van der Waals surface area contributed by atoms with Crippen LogP contribution in [0.25, 0.3) is 0 Å². The van der Waals surface area contributed by atoms with Gasteiger partial charge in [0.15, 0.2) is 0 Å². The molecule has 1 aliphatic rings. The standard InChI is InChI=1S/C12H16FNO2S/c13-10-1-2-12(11(14)7-10)17(15)8-9-3-5-16-6-4-9/h1-2,7,9H,3-6,8,14H2. The highest BCUT2D eigenvalue weighted by Gasteiger charge is 2.18. The largest absolute Gasteiger partial charge is 0.398 e. The van der Waals surface area contributed by atoms with E-state index >= 15 is 0 Å². The van der Waals surface area contributed by atoms with Gasteiger partial charge in [-0.05, 0) is 37.0 Å². The van der Waals surface area contributed by atoms with Crippen LogP contribution in [0.15, 0.2) is 23.1 Å². The number of ether oxygens (including phenoxy) is 1. The third-order valence-electron chi connectivity index (χ3n) is 2.95. The second-order valence-corrected chi connectivity index (χ2v) is 5.71. The second kappa shape index (κ2) is 5.60. The van der Waals surface area contributed by atoms with Crippen molar-refractivity contribution in [2.24, 2.45) is 5.92 Å². The van der Waals surface area contributed by atoms with Crippen LogP contribution < -0.4 is 5.73 Å². The first kappa shape index (κ1) is 12.5. The lowest BCUT2D eigenvalue weighted by Gasteiger charge is -2.21. The van der Waals surface area contributed by atoms with Crippen molar-refractivity contribution in [3.63, 3.8) is 0 Å². The van der Waals surface area contributed by atoms with Gasteiger partial charge in [-0.1, -0.05) is 0 Å². The Bertz CT molecular complexity index is 419. The van der Waals surface area contributed by atoms with Crippen molar-refractivity contribution in [1.82, 2.24) is 0 Å². The van der Waals surface area contributed by atoms with Crippen molar-refractivity contribution >= 4 is 16.5 Å². The molecule has 0 radical (unpaired) electrons. The number of hydrogen-bond donors (Lipinski definition) is 1. The summed E-state index contributed by atoms with van der Waals surface area (Å²) < 4.78 is 30.2. The molecule has 1 heterocycles. The smallest absolute Gasteiger partial charge is 0.125 e. The van der Waals surface area contributed by atoms with Crippen molar-refractivity contribution in [1.29, 1.82) is 0 Å². The van der Waals surface area contributed by atoms with E-state index in [1.807, 2.05) is 0 Å². The van der Waals surface area contributed by atoms with Crippen molar-refractivity contribution in [3.8, 4) is 0 Å². The molecule has 94 valence electrons. The molecule has 1 aromatic rings. The number of halogens is 1. The highest BCUT2D eigenvalue weighted by molar-refractivity contribution is 7.85. The average molecular weight is 257 g/mol. The van der Waals surface area contributed by atoms with E-state index in [2.05, 4.69) is 0 Å². The SMILES string of the molecule is Nc1cc(F)ccc1S(=O)CC1CCOCC1. The maximum atomic E-state index is 12.9. The molecule has 0 spiro atoms. The molecule has 17 heavy (non-hydrogen) atoms. The van der Waals surface area contributed by atoms with Crippen molar-refractivity contribution in [3.05, 3.63) is 24.0 Å². The fourth-order valence-corrected chi connectivity index (χ4v) is 3.43. The molecule has 0 aromatic heterocycles. The van der Waals surface area contributed by atoms with Crippen LogP contribution in [0.2, 0.25) is 0 Å². The lowest BCUT2D eigenvalue weighted by molar-refractivity contribution is 0.0725. The Labute approximate surface area is 103 Å². The molecule has 0 bridgehead atoms. The Morgan fingerprint density at radius 3 is 2.76 bits per heavy atom. The molecule has 0 amide bonds. The number of nitrogens with two attached hydrogens (primary N) is 1. The van der Waals surface area contributed by atoms with Crippen LogP contribution in [0.4, 0.5) is 10.1 Å². The summed E-state index contributed by atoms with van der Waals surface area (Å²) in [6.45, 7) is 1.47. The maximum absolute atomic E-state index is 12.9. The molecule has 2 N–H and O–H groups in total. The van der Waals surface area contributed by atoms with Crippen LogP contribution in [-0.4, -0.2) is 23.2 Å². The molecule has 0 saturated carbocycles. The zero-order valence-corrected chi connectivity index (χ0v) is 10.3. The summed E-state index contributed by atoms with van der Waals surface area (Å²) in [6.07, 6.45) is 1.87. The minimum Gasteiger partial charge on any atom is -0.398 e. The predicted molar refractivity (Wildman–Crippen MR) is 65.6 cm³/mol. The molecule has 2 rings (SSSR count). The van der Waals surface area contributed by atoms with Crippen molar-refractivity contribution in [2.75, 3.05) is 24.7 Å². The molecule has 3 nitrogen and oxygen atoms in total. The van der Waals surface area contributed by atoms with Gasteiger partial charge in [0.25, 0.3) is 0 Å². The Morgan fingerprint density at radius 2 is 2.12 bits per heavy atom. The molecule has 1 aromatic carbocycles. The molecule has 5 heteroatoms. The van der Waals surface area contributed by atoms with E-state index in [9.17, 15) is 8.60 Å². The summed E-state index contributed by atoms with van der Waals surface area (Å²) >= 11 is 0. The first-order valence-corrected chi connectivity index (χ1v) is 7.00. The summed E-state index contributed by atoms with van der Waals surface area (Å²) in [7, 11) is -1.15. The van der Waals surface area contributed by atoms with Crippen LogP contribution >= 0.6 is 0 Å². The van der Waals surface area contributed by atoms with E-state index in [0.29, 0.717) is 16.6 Å². The van der Waals surface area contributed by atoms with Crippen molar-refractivity contribution < 1.29 is 13.3 Å². The van der Waals surface area contributed by atoms with Gasteiger partial charge in [-0.25, -0.2) is 4.39 Å². The fourth-order valence-electron chi connectivity index (χ4n) is 1.94. The predicted octanol–water partition coefficient (Wildman–Crippen LogP) is 1.94. The van der Waals surface area contributed by atoms with Gasteiger partial charge in [-0.15, -0.1) is 0 Å². The number of anilines is 1. The number of rotatable bonds is 3. The van der Waals surface area contributed by atoms with Crippen LogP contribution in [0.1, 0.15) is 12.8 Å². The van der Waals surface area contributed by atoms with Gasteiger partial charge in [0, 0.05) is 19.0 Å². The first-order valence-electron chi connectivity index (χ1n) is 5.68. The molecule has 0 aliphatic carbocycles. The second-order valence-electron chi connectivity index (χ2n) is 4.25. The van der Waals surface area contributed by atoms with Gasteiger partial charge in [-0.2, -0.15) is 0 Å². The number of nitrogen functional groups attached to an aromatic ring is 1. The van der Waals surface area contributed by atoms with E-state index in [1.54, 1.807) is 0 Å². The normalized spacial score (nSPS) is 19.1. The topological polar surface area (TPSA) is 52.3 Å². The van der Waals surface area contributed by atoms with Crippen LogP contribution in [0.3, 0.4) is 0 Å². The van der Waals surface area contributed by atoms with Gasteiger partial charge >= 0.3 is 0 Å². The molecule has 1 saturated heterocycles. The fraction of sp³-hybridized carbons (Fsp3) is 0.500. The van der Waals surface area contributed by atoms with E-state index in [-0.39, 0.29) is 5.69 Å². The zero-order valence-electron chi connectivity index (χ0n) is 9.52. The maximum Gasteiger partial charge on any atom is 0.125 e. The third-order valence-corrected chi connectivity index (χ3v) is 4.58. The van der Waals surface area contributed by atoms with E-state index in [4.69, 9.17) is 10.5 Å². The van der Waals surface area contributed by atoms with Gasteiger partial charge in [0.2, 0.25) is 0 Å². The van der Waals surface area contributed by atoms with E-state index in [0.717, 1.165) is 26.1 Å². The molecule has 1 unspecified atom stereocenters. The summed E-state index contributed by atoms with van der Waals surface area (Å²) in [5.41, 5.74) is 5.94. The molecule has 1 aliphatic heterocycles. The Balaban J connectivity index is 2.03.